The summed E-state index contributed by atoms with van der Waals surface area (Å²) in [5, 5.41) is 0. The number of esters is 1. The summed E-state index contributed by atoms with van der Waals surface area (Å²) in [4.78, 5) is 10.6. The lowest BCUT2D eigenvalue weighted by atomic mass is 10.4. The molecule has 0 aliphatic rings. The van der Waals surface area contributed by atoms with E-state index in [9.17, 15) is 4.79 Å². The zero-order valence-corrected chi connectivity index (χ0v) is 10.8. The van der Waals surface area contributed by atoms with Crippen LogP contribution in [0.2, 0.25) is 6.04 Å². The van der Waals surface area contributed by atoms with Crippen molar-refractivity contribution in [3.63, 3.8) is 0 Å². The van der Waals surface area contributed by atoms with Crippen LogP contribution in [-0.4, -0.2) is 26.1 Å². The summed E-state index contributed by atoms with van der Waals surface area (Å²) in [6.45, 7) is 3.88. The summed E-state index contributed by atoms with van der Waals surface area (Å²) in [5.74, 6) is -0.305. The van der Waals surface area contributed by atoms with Crippen LogP contribution >= 0.6 is 22.6 Å². The van der Waals surface area contributed by atoms with Gasteiger partial charge in [0.05, 0.1) is 6.61 Å². The largest absolute Gasteiger partial charge is 0.463 e. The van der Waals surface area contributed by atoms with Gasteiger partial charge in [0.2, 0.25) is 0 Å². The van der Waals surface area contributed by atoms with Crippen LogP contribution in [0, 0.1) is 0 Å². The van der Waals surface area contributed by atoms with Crippen molar-refractivity contribution >= 4 is 38.1 Å². The van der Waals surface area contributed by atoms with Gasteiger partial charge in [-0.2, -0.15) is 0 Å². The third kappa shape index (κ3) is 8.26. The smallest absolute Gasteiger partial charge is 0.330 e. The van der Waals surface area contributed by atoms with Gasteiger partial charge in [0.1, 0.15) is 0 Å². The highest BCUT2D eigenvalue weighted by Gasteiger charge is 1.94. The van der Waals surface area contributed by atoms with Gasteiger partial charge in [-0.3, -0.25) is 0 Å². The molecule has 0 spiro atoms. The summed E-state index contributed by atoms with van der Waals surface area (Å²) in [6, 6.07) is 1.37. The van der Waals surface area contributed by atoms with Crippen molar-refractivity contribution in [2.45, 2.75) is 18.9 Å². The third-order valence-electron chi connectivity index (χ3n) is 1.44. The number of carbonyl (C=O) groups is 1. The topological polar surface area (TPSA) is 26.3 Å². The molecule has 0 aromatic rings. The van der Waals surface area contributed by atoms with E-state index in [2.05, 4.69) is 29.2 Å². The normalized spacial score (nSPS) is 10.4. The number of ether oxygens (including phenoxy) is 1. The van der Waals surface area contributed by atoms with Gasteiger partial charge in [-0.1, -0.05) is 41.6 Å². The van der Waals surface area contributed by atoms with Gasteiger partial charge in [0.25, 0.3) is 0 Å². The van der Waals surface area contributed by atoms with Crippen LogP contribution in [0.1, 0.15) is 12.8 Å². The zero-order chi connectivity index (χ0) is 9.23. The van der Waals surface area contributed by atoms with E-state index in [1.165, 1.54) is 22.6 Å². The lowest BCUT2D eigenvalue weighted by Gasteiger charge is -2.00. The predicted octanol–water partition coefficient (Wildman–Crippen LogP) is 1.48. The Labute approximate surface area is 89.7 Å². The maximum atomic E-state index is 10.6. The Kier molecular flexibility index (Phi) is 9.37. The van der Waals surface area contributed by atoms with Crippen LogP contribution < -0.4 is 0 Å². The minimum absolute atomic E-state index is 0.195. The van der Waals surface area contributed by atoms with Gasteiger partial charge in [0.15, 0.2) is 0 Å². The molecule has 0 N–H and O–H groups in total. The first kappa shape index (κ1) is 12.2. The van der Waals surface area contributed by atoms with Gasteiger partial charge >= 0.3 is 5.97 Å². The van der Waals surface area contributed by atoms with Crippen molar-refractivity contribution in [3.05, 3.63) is 12.7 Å². The van der Waals surface area contributed by atoms with Gasteiger partial charge in [-0.15, -0.1) is 0 Å². The van der Waals surface area contributed by atoms with Gasteiger partial charge in [-0.25, -0.2) is 4.79 Å². The van der Waals surface area contributed by atoms with Crippen molar-refractivity contribution < 1.29 is 9.53 Å². The number of unbranched alkanes of at least 4 members (excludes halogenated alkanes) is 1. The molecule has 0 aliphatic carbocycles. The minimum Gasteiger partial charge on any atom is -0.463 e. The molecule has 0 fully saturated rings. The average Bonchev–Trinajstić information content (AvgIpc) is 2.10. The lowest BCUT2D eigenvalue weighted by Crippen LogP contribution is -2.02. The first-order chi connectivity index (χ1) is 5.81. The highest BCUT2D eigenvalue weighted by molar-refractivity contribution is 14.1. The van der Waals surface area contributed by atoms with Crippen LogP contribution in [0.25, 0.3) is 0 Å². The van der Waals surface area contributed by atoms with E-state index < -0.39 is 0 Å². The number of hydrogen-bond acceptors (Lipinski definition) is 2. The fourth-order valence-corrected chi connectivity index (χ4v) is 3.30. The molecule has 0 saturated carbocycles. The molecule has 0 rings (SSSR count). The molecule has 0 unspecified atom stereocenters. The van der Waals surface area contributed by atoms with Crippen LogP contribution in [0.5, 0.6) is 0 Å². The number of rotatable bonds is 7. The minimum atomic E-state index is -0.305. The molecule has 0 amide bonds. The van der Waals surface area contributed by atoms with Crippen LogP contribution in [-0.2, 0) is 9.53 Å². The molecule has 0 saturated heterocycles. The Hall–Kier alpha value is 0.157. The number of carbonyl (C=O) groups excluding carboxylic acids is 1. The standard InChI is InChI=1S/C8H15IO2Si/c1-2-8(10)11-5-3-4-6-12-7-9/h2H,1,3-7,12H2. The SMILES string of the molecule is C=CC(=O)OCCCC[SiH2]CI. The Morgan fingerprint density at radius 1 is 1.58 bits per heavy atom. The van der Waals surface area contributed by atoms with Crippen molar-refractivity contribution in [2.24, 2.45) is 0 Å². The van der Waals surface area contributed by atoms with Crippen LogP contribution in [0.3, 0.4) is 0 Å². The predicted molar refractivity (Wildman–Crippen MR) is 62.6 cm³/mol. The maximum absolute atomic E-state index is 10.6. The van der Waals surface area contributed by atoms with E-state index in [-0.39, 0.29) is 15.5 Å². The lowest BCUT2D eigenvalue weighted by molar-refractivity contribution is -0.137. The molecule has 2 nitrogen and oxygen atoms in total. The van der Waals surface area contributed by atoms with Crippen molar-refractivity contribution in [1.82, 2.24) is 0 Å². The zero-order valence-electron chi connectivity index (χ0n) is 7.22. The van der Waals surface area contributed by atoms with E-state index in [0.717, 1.165) is 6.42 Å². The summed E-state index contributed by atoms with van der Waals surface area (Å²) in [5.41, 5.74) is 0. The molecule has 0 aromatic heterocycles. The fraction of sp³-hybridized carbons (Fsp3) is 0.625. The molecular weight excluding hydrogens is 283 g/mol. The first-order valence-electron chi connectivity index (χ1n) is 4.16. The Balaban J connectivity index is 3.00. The fourth-order valence-electron chi connectivity index (χ4n) is 0.782. The van der Waals surface area contributed by atoms with Crippen LogP contribution in [0.4, 0.5) is 0 Å². The van der Waals surface area contributed by atoms with E-state index >= 15 is 0 Å². The van der Waals surface area contributed by atoms with Gasteiger partial charge in [0, 0.05) is 15.6 Å². The number of alkyl halides is 1. The average molecular weight is 298 g/mol. The number of halogens is 1. The first-order valence-corrected chi connectivity index (χ1v) is 7.69. The number of hydrogen-bond donors (Lipinski definition) is 0. The Morgan fingerprint density at radius 2 is 2.33 bits per heavy atom. The molecular formula is C8H15IO2Si. The Bertz CT molecular complexity index is 139. The van der Waals surface area contributed by atoms with E-state index in [1.807, 2.05) is 0 Å². The molecule has 0 aliphatic heterocycles. The van der Waals surface area contributed by atoms with Gasteiger partial charge in [-0.05, 0) is 10.5 Å². The monoisotopic (exact) mass is 298 g/mol. The third-order valence-corrected chi connectivity index (χ3v) is 4.99. The van der Waals surface area contributed by atoms with E-state index in [0.29, 0.717) is 6.61 Å². The van der Waals surface area contributed by atoms with Crippen LogP contribution in [0.15, 0.2) is 12.7 Å². The highest BCUT2D eigenvalue weighted by atomic mass is 127. The molecule has 0 radical (unpaired) electrons. The van der Waals surface area contributed by atoms with Crippen molar-refractivity contribution in [2.75, 3.05) is 10.7 Å². The van der Waals surface area contributed by atoms with Crippen molar-refractivity contribution in [1.29, 1.82) is 0 Å². The second kappa shape index (κ2) is 9.25. The molecule has 4 heteroatoms. The molecule has 0 aromatic carbocycles. The maximum Gasteiger partial charge on any atom is 0.330 e. The molecule has 12 heavy (non-hydrogen) atoms. The second-order valence-corrected chi connectivity index (χ2v) is 7.50. The molecule has 0 atom stereocenters. The second-order valence-electron chi connectivity index (χ2n) is 2.47. The van der Waals surface area contributed by atoms with Gasteiger partial charge < -0.3 is 4.74 Å². The summed E-state index contributed by atoms with van der Waals surface area (Å²) >= 11 is 2.43. The van der Waals surface area contributed by atoms with Crippen molar-refractivity contribution in [3.8, 4) is 0 Å². The summed E-state index contributed by atoms with van der Waals surface area (Å²) in [7, 11) is 0.195. The van der Waals surface area contributed by atoms with E-state index in [4.69, 9.17) is 4.74 Å². The quantitative estimate of drug-likeness (QED) is 0.178. The Morgan fingerprint density at radius 3 is 2.92 bits per heavy atom. The summed E-state index contributed by atoms with van der Waals surface area (Å²) in [6.07, 6.45) is 3.42. The summed E-state index contributed by atoms with van der Waals surface area (Å²) < 4.78 is 6.18. The van der Waals surface area contributed by atoms with E-state index in [1.54, 1.807) is 0 Å². The molecule has 0 heterocycles. The highest BCUT2D eigenvalue weighted by Crippen LogP contribution is 1.97. The molecule has 70 valence electrons. The molecule has 0 bridgehead atoms.